The number of aliphatic hydroxyl groups is 1. The Balaban J connectivity index is 0.00000225. The van der Waals surface area contributed by atoms with E-state index in [4.69, 9.17) is 0 Å². The Morgan fingerprint density at radius 3 is 2.38 bits per heavy atom. The number of hydrogen-bond acceptors (Lipinski definition) is 2. The van der Waals surface area contributed by atoms with Gasteiger partial charge in [-0.3, -0.25) is 0 Å². The lowest BCUT2D eigenvalue weighted by atomic mass is 10.1. The fourth-order valence-electron chi connectivity index (χ4n) is 1.61. The van der Waals surface area contributed by atoms with Crippen LogP contribution in [0.15, 0.2) is 30.3 Å². The zero-order chi connectivity index (χ0) is 11.1. The molecule has 0 aromatic heterocycles. The maximum atomic E-state index is 9.64. The molecule has 1 aromatic rings. The van der Waals surface area contributed by atoms with Crippen molar-refractivity contribution in [3.8, 4) is 0 Å². The fourth-order valence-corrected chi connectivity index (χ4v) is 1.61. The van der Waals surface area contributed by atoms with E-state index in [1.807, 2.05) is 18.2 Å². The van der Waals surface area contributed by atoms with Crippen LogP contribution in [0.5, 0.6) is 0 Å². The molecule has 1 atom stereocenters. The highest BCUT2D eigenvalue weighted by Crippen LogP contribution is 2.03. The molecule has 0 spiro atoms. The van der Waals surface area contributed by atoms with Crippen LogP contribution in [0.1, 0.15) is 25.8 Å². The summed E-state index contributed by atoms with van der Waals surface area (Å²) >= 11 is 0. The van der Waals surface area contributed by atoms with Crippen molar-refractivity contribution in [3.63, 3.8) is 0 Å². The van der Waals surface area contributed by atoms with Crippen molar-refractivity contribution in [1.82, 2.24) is 5.32 Å². The second-order valence-electron chi connectivity index (χ2n) is 4.40. The highest BCUT2D eigenvalue weighted by molar-refractivity contribution is 5.85. The van der Waals surface area contributed by atoms with Gasteiger partial charge in [0.25, 0.3) is 0 Å². The molecule has 0 saturated heterocycles. The van der Waals surface area contributed by atoms with Gasteiger partial charge in [0, 0.05) is 13.1 Å². The van der Waals surface area contributed by atoms with Gasteiger partial charge in [-0.2, -0.15) is 0 Å². The molecule has 1 unspecified atom stereocenters. The van der Waals surface area contributed by atoms with Gasteiger partial charge in [0.1, 0.15) is 0 Å². The molecule has 0 aliphatic carbocycles. The molecule has 2 nitrogen and oxygen atoms in total. The Labute approximate surface area is 104 Å². The summed E-state index contributed by atoms with van der Waals surface area (Å²) in [5.74, 6) is 0.554. The van der Waals surface area contributed by atoms with E-state index < -0.39 is 0 Å². The van der Waals surface area contributed by atoms with E-state index in [1.165, 1.54) is 5.56 Å². The summed E-state index contributed by atoms with van der Waals surface area (Å²) in [5.41, 5.74) is 1.26. The lowest BCUT2D eigenvalue weighted by Gasteiger charge is -2.13. The van der Waals surface area contributed by atoms with Crippen LogP contribution in [-0.2, 0) is 6.54 Å². The number of halogens is 1. The van der Waals surface area contributed by atoms with E-state index in [0.717, 1.165) is 13.0 Å². The van der Waals surface area contributed by atoms with E-state index >= 15 is 0 Å². The van der Waals surface area contributed by atoms with E-state index in [1.54, 1.807) is 0 Å². The summed E-state index contributed by atoms with van der Waals surface area (Å²) in [5, 5.41) is 12.9. The minimum absolute atomic E-state index is 0. The van der Waals surface area contributed by atoms with E-state index in [9.17, 15) is 5.11 Å². The van der Waals surface area contributed by atoms with Crippen molar-refractivity contribution in [1.29, 1.82) is 0 Å². The molecule has 1 aromatic carbocycles. The van der Waals surface area contributed by atoms with Gasteiger partial charge in [0.15, 0.2) is 0 Å². The summed E-state index contributed by atoms with van der Waals surface area (Å²) < 4.78 is 0. The first kappa shape index (κ1) is 15.4. The van der Waals surface area contributed by atoms with Crippen LogP contribution >= 0.6 is 12.4 Å². The first-order chi connectivity index (χ1) is 7.18. The molecule has 0 bridgehead atoms. The summed E-state index contributed by atoms with van der Waals surface area (Å²) in [4.78, 5) is 0. The van der Waals surface area contributed by atoms with Gasteiger partial charge >= 0.3 is 0 Å². The third kappa shape index (κ3) is 6.83. The van der Waals surface area contributed by atoms with Crippen molar-refractivity contribution in [2.24, 2.45) is 5.92 Å². The number of hydrogen-bond donors (Lipinski definition) is 2. The molecule has 3 heteroatoms. The van der Waals surface area contributed by atoms with Gasteiger partial charge < -0.3 is 10.4 Å². The SMILES string of the molecule is CC(C)CC(O)CNCc1ccccc1.Cl. The van der Waals surface area contributed by atoms with E-state index in [2.05, 4.69) is 31.3 Å². The second kappa shape index (κ2) is 8.57. The van der Waals surface area contributed by atoms with Gasteiger partial charge in [-0.15, -0.1) is 12.4 Å². The summed E-state index contributed by atoms with van der Waals surface area (Å²) in [7, 11) is 0. The highest BCUT2D eigenvalue weighted by Gasteiger charge is 2.05. The maximum Gasteiger partial charge on any atom is 0.0667 e. The monoisotopic (exact) mass is 243 g/mol. The standard InChI is InChI=1S/C13H21NO.ClH/c1-11(2)8-13(15)10-14-9-12-6-4-3-5-7-12;/h3-7,11,13-15H,8-10H2,1-2H3;1H. The van der Waals surface area contributed by atoms with Crippen LogP contribution in [0.3, 0.4) is 0 Å². The van der Waals surface area contributed by atoms with Gasteiger partial charge in [0.2, 0.25) is 0 Å². The van der Waals surface area contributed by atoms with Crippen molar-refractivity contribution in [2.75, 3.05) is 6.54 Å². The Kier molecular flexibility index (Phi) is 8.26. The molecule has 0 fully saturated rings. The molecule has 0 amide bonds. The lowest BCUT2D eigenvalue weighted by Crippen LogP contribution is -2.27. The average molecular weight is 244 g/mol. The molecule has 1 rings (SSSR count). The molecule has 0 saturated carbocycles. The van der Waals surface area contributed by atoms with Crippen molar-refractivity contribution < 1.29 is 5.11 Å². The van der Waals surface area contributed by atoms with Crippen LogP contribution in [0.2, 0.25) is 0 Å². The molecular weight excluding hydrogens is 222 g/mol. The third-order valence-electron chi connectivity index (χ3n) is 2.30. The topological polar surface area (TPSA) is 32.3 Å². The second-order valence-corrected chi connectivity index (χ2v) is 4.40. The zero-order valence-corrected chi connectivity index (χ0v) is 10.8. The Morgan fingerprint density at radius 2 is 1.81 bits per heavy atom. The first-order valence-corrected chi connectivity index (χ1v) is 5.61. The minimum Gasteiger partial charge on any atom is -0.392 e. The molecule has 92 valence electrons. The molecule has 0 aliphatic rings. The maximum absolute atomic E-state index is 9.64. The summed E-state index contributed by atoms with van der Waals surface area (Å²) in [6.45, 7) is 5.75. The molecule has 0 radical (unpaired) electrons. The van der Waals surface area contributed by atoms with Crippen LogP contribution in [0, 0.1) is 5.92 Å². The minimum atomic E-state index is -0.228. The highest BCUT2D eigenvalue weighted by atomic mass is 35.5. The van der Waals surface area contributed by atoms with Crippen molar-refractivity contribution >= 4 is 12.4 Å². The Morgan fingerprint density at radius 1 is 1.19 bits per heavy atom. The molecular formula is C13H22ClNO. The molecule has 16 heavy (non-hydrogen) atoms. The van der Waals surface area contributed by atoms with Crippen molar-refractivity contribution in [3.05, 3.63) is 35.9 Å². The Bertz CT molecular complexity index is 264. The van der Waals surface area contributed by atoms with Crippen molar-refractivity contribution in [2.45, 2.75) is 32.9 Å². The number of benzene rings is 1. The van der Waals surface area contributed by atoms with Gasteiger partial charge in [-0.25, -0.2) is 0 Å². The smallest absolute Gasteiger partial charge is 0.0667 e. The van der Waals surface area contributed by atoms with Gasteiger partial charge in [-0.1, -0.05) is 44.2 Å². The predicted molar refractivity (Wildman–Crippen MR) is 70.9 cm³/mol. The lowest BCUT2D eigenvalue weighted by molar-refractivity contribution is 0.146. The van der Waals surface area contributed by atoms with Crippen LogP contribution in [0.25, 0.3) is 0 Å². The quantitative estimate of drug-likeness (QED) is 0.805. The zero-order valence-electron chi connectivity index (χ0n) is 10.0. The van der Waals surface area contributed by atoms with E-state index in [-0.39, 0.29) is 18.5 Å². The Hall–Kier alpha value is -0.570. The molecule has 0 aliphatic heterocycles. The van der Waals surface area contributed by atoms with Gasteiger partial charge in [-0.05, 0) is 17.9 Å². The van der Waals surface area contributed by atoms with Crippen LogP contribution in [-0.4, -0.2) is 17.8 Å². The summed E-state index contributed by atoms with van der Waals surface area (Å²) in [6, 6.07) is 10.2. The fraction of sp³-hybridized carbons (Fsp3) is 0.538. The predicted octanol–water partition coefficient (Wildman–Crippen LogP) is 2.61. The first-order valence-electron chi connectivity index (χ1n) is 5.61. The number of rotatable bonds is 6. The van der Waals surface area contributed by atoms with E-state index in [0.29, 0.717) is 12.5 Å². The number of nitrogens with one attached hydrogen (secondary N) is 1. The number of aliphatic hydroxyl groups excluding tert-OH is 1. The normalized spacial score (nSPS) is 12.2. The third-order valence-corrected chi connectivity index (χ3v) is 2.30. The van der Waals surface area contributed by atoms with Crippen LogP contribution < -0.4 is 5.32 Å². The van der Waals surface area contributed by atoms with Crippen LogP contribution in [0.4, 0.5) is 0 Å². The van der Waals surface area contributed by atoms with Gasteiger partial charge in [0.05, 0.1) is 6.10 Å². The molecule has 0 heterocycles. The molecule has 2 N–H and O–H groups in total. The summed E-state index contributed by atoms with van der Waals surface area (Å²) in [6.07, 6.45) is 0.635. The average Bonchev–Trinajstić information content (AvgIpc) is 2.18. The largest absolute Gasteiger partial charge is 0.392 e.